The molecule has 0 spiro atoms. The molecule has 0 aliphatic carbocycles. The van der Waals surface area contributed by atoms with Crippen LogP contribution in [0.4, 0.5) is 4.79 Å². The maximum atomic E-state index is 13.4. The standard InChI is InChI=1S/C32H33BrN2O6S/c1-4-24-10-12-26(13-11-24)22-40-32(37)35-30(21-25-8-6-5-7-9-25)31(36)34-28(20-23(2)3)18-19-42(38,39)41-29-16-14-27(33)15-17-29/h1,5-19,23,28,30H,20-22H2,2-3H3,(H,34,36)(H,35,37)/b19-18+/t28-,30+/m1/s1. The first-order valence-corrected chi connectivity index (χ1v) is 15.5. The smallest absolute Gasteiger partial charge is 0.408 e. The Bertz CT molecular complexity index is 1500. The van der Waals surface area contributed by atoms with Gasteiger partial charge in [0.15, 0.2) is 0 Å². The molecule has 220 valence electrons. The predicted molar refractivity (Wildman–Crippen MR) is 166 cm³/mol. The summed E-state index contributed by atoms with van der Waals surface area (Å²) in [6, 6.07) is 21.0. The van der Waals surface area contributed by atoms with Crippen molar-refractivity contribution in [3.8, 4) is 18.1 Å². The van der Waals surface area contributed by atoms with Gasteiger partial charge in [0.2, 0.25) is 5.91 Å². The van der Waals surface area contributed by atoms with E-state index in [2.05, 4.69) is 32.5 Å². The van der Waals surface area contributed by atoms with Gasteiger partial charge in [0, 0.05) is 22.5 Å². The molecular formula is C32H33BrN2O6S. The Balaban J connectivity index is 1.71. The number of halogens is 1. The molecule has 0 fully saturated rings. The van der Waals surface area contributed by atoms with E-state index in [-0.39, 0.29) is 24.7 Å². The number of hydrogen-bond donors (Lipinski definition) is 2. The van der Waals surface area contributed by atoms with Gasteiger partial charge in [0.05, 0.1) is 5.41 Å². The van der Waals surface area contributed by atoms with Gasteiger partial charge in [-0.3, -0.25) is 4.79 Å². The minimum atomic E-state index is -4.09. The zero-order valence-corrected chi connectivity index (χ0v) is 25.7. The molecule has 0 aliphatic rings. The van der Waals surface area contributed by atoms with Crippen LogP contribution in [-0.2, 0) is 32.7 Å². The number of hydrogen-bond acceptors (Lipinski definition) is 6. The van der Waals surface area contributed by atoms with E-state index in [4.69, 9.17) is 15.3 Å². The summed E-state index contributed by atoms with van der Waals surface area (Å²) in [5.74, 6) is 2.32. The van der Waals surface area contributed by atoms with Crippen LogP contribution in [0.25, 0.3) is 0 Å². The van der Waals surface area contributed by atoms with Gasteiger partial charge >= 0.3 is 16.2 Å². The van der Waals surface area contributed by atoms with Crippen molar-refractivity contribution >= 4 is 38.0 Å². The molecule has 2 amide bonds. The van der Waals surface area contributed by atoms with Crippen molar-refractivity contribution in [2.24, 2.45) is 5.92 Å². The highest BCUT2D eigenvalue weighted by Crippen LogP contribution is 2.18. The second-order valence-corrected chi connectivity index (χ2v) is 12.2. The van der Waals surface area contributed by atoms with Gasteiger partial charge in [-0.25, -0.2) is 4.79 Å². The maximum Gasteiger partial charge on any atom is 0.408 e. The second-order valence-electron chi connectivity index (χ2n) is 9.91. The molecular weight excluding hydrogens is 620 g/mol. The Morgan fingerprint density at radius 1 is 0.952 bits per heavy atom. The van der Waals surface area contributed by atoms with Crippen molar-refractivity contribution in [1.29, 1.82) is 0 Å². The van der Waals surface area contributed by atoms with E-state index in [0.717, 1.165) is 21.0 Å². The van der Waals surface area contributed by atoms with Crippen LogP contribution < -0.4 is 14.8 Å². The molecule has 0 heterocycles. The van der Waals surface area contributed by atoms with E-state index in [1.807, 2.05) is 44.2 Å². The van der Waals surface area contributed by atoms with E-state index < -0.39 is 34.2 Å². The second kappa shape index (κ2) is 15.8. The van der Waals surface area contributed by atoms with Crippen molar-refractivity contribution in [3.05, 3.63) is 112 Å². The number of benzene rings is 3. The molecule has 42 heavy (non-hydrogen) atoms. The Kier molecular flexibility index (Phi) is 12.2. The third kappa shape index (κ3) is 11.4. The summed E-state index contributed by atoms with van der Waals surface area (Å²) in [5.41, 5.74) is 2.27. The zero-order valence-electron chi connectivity index (χ0n) is 23.3. The van der Waals surface area contributed by atoms with Crippen LogP contribution in [0.2, 0.25) is 0 Å². The number of nitrogens with one attached hydrogen (secondary N) is 2. The molecule has 0 aromatic heterocycles. The molecule has 0 radical (unpaired) electrons. The Hall–Kier alpha value is -4.07. The molecule has 0 saturated heterocycles. The number of carbonyl (C=O) groups excluding carboxylic acids is 2. The van der Waals surface area contributed by atoms with Crippen LogP contribution in [-0.4, -0.2) is 32.5 Å². The molecule has 3 aromatic carbocycles. The van der Waals surface area contributed by atoms with Gasteiger partial charge < -0.3 is 19.6 Å². The summed E-state index contributed by atoms with van der Waals surface area (Å²) in [5, 5.41) is 6.45. The molecule has 0 aliphatic heterocycles. The topological polar surface area (TPSA) is 111 Å². The number of rotatable bonds is 13. The molecule has 0 bridgehead atoms. The average Bonchev–Trinajstić information content (AvgIpc) is 2.96. The van der Waals surface area contributed by atoms with Crippen LogP contribution in [0.1, 0.15) is 37.0 Å². The summed E-state index contributed by atoms with van der Waals surface area (Å²) >= 11 is 3.29. The van der Waals surface area contributed by atoms with Gasteiger partial charge in [-0.2, -0.15) is 8.42 Å². The first-order valence-electron chi connectivity index (χ1n) is 13.2. The molecule has 3 rings (SSSR count). The summed E-state index contributed by atoms with van der Waals surface area (Å²) < 4.78 is 36.5. The minimum absolute atomic E-state index is 0.00863. The minimum Gasteiger partial charge on any atom is -0.445 e. The fraction of sp³-hybridized carbons (Fsp3) is 0.250. The predicted octanol–water partition coefficient (Wildman–Crippen LogP) is 5.72. The third-order valence-electron chi connectivity index (χ3n) is 5.94. The Morgan fingerprint density at radius 3 is 2.24 bits per heavy atom. The van der Waals surface area contributed by atoms with E-state index >= 15 is 0 Å². The normalized spacial score (nSPS) is 12.7. The molecule has 0 unspecified atom stereocenters. The lowest BCUT2D eigenvalue weighted by Crippen LogP contribution is -2.50. The van der Waals surface area contributed by atoms with Crippen molar-refractivity contribution in [2.45, 2.75) is 45.4 Å². The van der Waals surface area contributed by atoms with Gasteiger partial charge in [0.1, 0.15) is 18.4 Å². The quantitative estimate of drug-likeness (QED) is 0.180. The van der Waals surface area contributed by atoms with Crippen LogP contribution >= 0.6 is 15.9 Å². The number of ether oxygens (including phenoxy) is 1. The number of carbonyl (C=O) groups is 2. The van der Waals surface area contributed by atoms with Crippen LogP contribution in [0.3, 0.4) is 0 Å². The van der Waals surface area contributed by atoms with E-state index in [1.165, 1.54) is 18.2 Å². The highest BCUT2D eigenvalue weighted by atomic mass is 79.9. The zero-order chi connectivity index (χ0) is 30.5. The van der Waals surface area contributed by atoms with Gasteiger partial charge in [-0.15, -0.1) is 6.42 Å². The van der Waals surface area contributed by atoms with Crippen LogP contribution in [0.5, 0.6) is 5.75 Å². The van der Waals surface area contributed by atoms with Gasteiger partial charge in [-0.1, -0.05) is 78.2 Å². The molecule has 10 heteroatoms. The lowest BCUT2D eigenvalue weighted by Gasteiger charge is -2.23. The fourth-order valence-corrected chi connectivity index (χ4v) is 4.99. The van der Waals surface area contributed by atoms with Crippen molar-refractivity contribution < 1.29 is 26.9 Å². The molecule has 8 nitrogen and oxygen atoms in total. The van der Waals surface area contributed by atoms with E-state index in [9.17, 15) is 18.0 Å². The summed E-state index contributed by atoms with van der Waals surface area (Å²) in [4.78, 5) is 26.1. The highest BCUT2D eigenvalue weighted by molar-refractivity contribution is 9.10. The first-order chi connectivity index (χ1) is 20.0. The SMILES string of the molecule is C#Cc1ccc(COC(=O)N[C@@H](Cc2ccccc2)C(=O)N[C@H](/C=C/S(=O)(=O)Oc2ccc(Br)cc2)CC(C)C)cc1. The largest absolute Gasteiger partial charge is 0.445 e. The van der Waals surface area contributed by atoms with Crippen LogP contribution in [0.15, 0.2) is 94.8 Å². The lowest BCUT2D eigenvalue weighted by molar-refractivity contribution is -0.123. The lowest BCUT2D eigenvalue weighted by atomic mass is 10.0. The number of terminal acetylenes is 1. The first kappa shape index (κ1) is 32.4. The number of alkyl carbamates (subject to hydrolysis) is 1. The van der Waals surface area contributed by atoms with E-state index in [1.54, 1.807) is 36.4 Å². The van der Waals surface area contributed by atoms with Crippen LogP contribution in [0, 0.1) is 18.3 Å². The van der Waals surface area contributed by atoms with Crippen molar-refractivity contribution in [1.82, 2.24) is 10.6 Å². The Morgan fingerprint density at radius 2 is 1.62 bits per heavy atom. The van der Waals surface area contributed by atoms with Crippen molar-refractivity contribution in [3.63, 3.8) is 0 Å². The molecule has 3 aromatic rings. The fourth-order valence-electron chi connectivity index (χ4n) is 3.91. The number of amides is 2. The maximum absolute atomic E-state index is 13.4. The summed E-state index contributed by atoms with van der Waals surface area (Å²) in [6.45, 7) is 3.89. The highest BCUT2D eigenvalue weighted by Gasteiger charge is 2.24. The summed E-state index contributed by atoms with van der Waals surface area (Å²) in [7, 11) is -4.09. The molecule has 2 atom stereocenters. The van der Waals surface area contributed by atoms with E-state index in [0.29, 0.717) is 12.0 Å². The van der Waals surface area contributed by atoms with Gasteiger partial charge in [-0.05, 0) is 65.9 Å². The molecule has 0 saturated carbocycles. The average molecular weight is 654 g/mol. The van der Waals surface area contributed by atoms with Gasteiger partial charge in [0.25, 0.3) is 0 Å². The van der Waals surface area contributed by atoms with Crippen molar-refractivity contribution in [2.75, 3.05) is 0 Å². The third-order valence-corrected chi connectivity index (χ3v) is 7.38. The monoisotopic (exact) mass is 652 g/mol. The molecule has 2 N–H and O–H groups in total. The summed E-state index contributed by atoms with van der Waals surface area (Å²) in [6.07, 6.45) is 6.64. The Labute approximate surface area is 255 Å².